The Morgan fingerprint density at radius 2 is 1.73 bits per heavy atom. The zero-order valence-corrected chi connectivity index (χ0v) is 19.8. The molecule has 2 aromatic carbocycles. The number of hydrogen-bond donors (Lipinski definition) is 0. The van der Waals surface area contributed by atoms with Crippen molar-refractivity contribution in [1.82, 2.24) is 9.38 Å². The molecule has 0 aliphatic carbocycles. The lowest BCUT2D eigenvalue weighted by molar-refractivity contribution is 0.481. The van der Waals surface area contributed by atoms with Crippen molar-refractivity contribution in [2.24, 2.45) is 0 Å². The maximum atomic E-state index is 12.2. The summed E-state index contributed by atoms with van der Waals surface area (Å²) in [5.74, 6) is 1.05. The third kappa shape index (κ3) is 4.35. The van der Waals surface area contributed by atoms with Crippen LogP contribution in [0, 0.1) is 11.3 Å². The molecule has 0 bridgehead atoms. The topological polar surface area (TPSA) is 84.5 Å². The van der Waals surface area contributed by atoms with Crippen molar-refractivity contribution in [3.63, 3.8) is 0 Å². The van der Waals surface area contributed by atoms with Crippen LogP contribution in [0.4, 0.5) is 0 Å². The first kappa shape index (κ1) is 22.6. The summed E-state index contributed by atoms with van der Waals surface area (Å²) in [6.45, 7) is 7.88. The molecular formula is C26H25N3O3S. The van der Waals surface area contributed by atoms with Gasteiger partial charge in [-0.25, -0.2) is 13.4 Å². The van der Waals surface area contributed by atoms with Crippen LogP contribution in [0.25, 0.3) is 16.9 Å². The minimum absolute atomic E-state index is 0.0283. The molecule has 4 aromatic rings. The van der Waals surface area contributed by atoms with E-state index in [0.29, 0.717) is 22.7 Å². The Hall–Kier alpha value is -3.63. The van der Waals surface area contributed by atoms with E-state index in [0.717, 1.165) is 17.0 Å². The molecule has 0 unspecified atom stereocenters. The third-order valence-electron chi connectivity index (χ3n) is 5.37. The molecule has 0 aliphatic rings. The Morgan fingerprint density at radius 1 is 1.03 bits per heavy atom. The van der Waals surface area contributed by atoms with E-state index in [1.54, 1.807) is 37.3 Å². The van der Waals surface area contributed by atoms with E-state index in [1.165, 1.54) is 0 Å². The molecule has 0 saturated heterocycles. The summed E-state index contributed by atoms with van der Waals surface area (Å²) in [7, 11) is -3.33. The highest BCUT2D eigenvalue weighted by atomic mass is 32.2. The summed E-state index contributed by atoms with van der Waals surface area (Å²) >= 11 is 0. The van der Waals surface area contributed by atoms with E-state index in [-0.39, 0.29) is 16.1 Å². The minimum atomic E-state index is -3.33. The largest absolute Gasteiger partial charge is 0.457 e. The average Bonchev–Trinajstić information content (AvgIpc) is 3.20. The Labute approximate surface area is 194 Å². The minimum Gasteiger partial charge on any atom is -0.457 e. The fourth-order valence-corrected chi connectivity index (χ4v) is 4.61. The van der Waals surface area contributed by atoms with Crippen molar-refractivity contribution < 1.29 is 13.2 Å². The lowest BCUT2D eigenvalue weighted by atomic mass is 9.89. The molecule has 0 saturated carbocycles. The highest BCUT2D eigenvalue weighted by molar-refractivity contribution is 7.91. The molecule has 2 aromatic heterocycles. The van der Waals surface area contributed by atoms with Gasteiger partial charge in [-0.1, -0.05) is 45.9 Å². The third-order valence-corrected chi connectivity index (χ3v) is 7.10. The van der Waals surface area contributed by atoms with Gasteiger partial charge in [0.25, 0.3) is 0 Å². The predicted octanol–water partition coefficient (Wildman–Crippen LogP) is 5.76. The van der Waals surface area contributed by atoms with Crippen molar-refractivity contribution >= 4 is 15.5 Å². The van der Waals surface area contributed by atoms with Crippen LogP contribution in [0.15, 0.2) is 71.8 Å². The monoisotopic (exact) mass is 459 g/mol. The van der Waals surface area contributed by atoms with E-state index in [4.69, 9.17) is 9.72 Å². The van der Waals surface area contributed by atoms with Crippen molar-refractivity contribution in [1.29, 1.82) is 5.26 Å². The Morgan fingerprint density at radius 3 is 2.39 bits per heavy atom. The summed E-state index contributed by atoms with van der Waals surface area (Å²) in [6, 6.07) is 19.9. The second-order valence-electron chi connectivity index (χ2n) is 8.79. The number of nitriles is 1. The fraction of sp³-hybridized carbons (Fsp3) is 0.231. The van der Waals surface area contributed by atoms with Crippen LogP contribution in [0.5, 0.6) is 11.5 Å². The number of aromatic nitrogens is 2. The lowest BCUT2D eigenvalue weighted by Gasteiger charge is -2.18. The molecule has 33 heavy (non-hydrogen) atoms. The van der Waals surface area contributed by atoms with Crippen molar-refractivity contribution in [2.75, 3.05) is 5.75 Å². The first-order valence-corrected chi connectivity index (χ1v) is 12.3. The summed E-state index contributed by atoms with van der Waals surface area (Å²) < 4.78 is 32.4. The SMILES string of the molecule is CCS(=O)(=O)c1cccc(Oc2cccc(-c3c(C(C)(C)C)nc4c(C#N)cccn34)c2)c1. The Balaban J connectivity index is 1.81. The highest BCUT2D eigenvalue weighted by Gasteiger charge is 2.26. The zero-order chi connectivity index (χ0) is 23.8. The Kier molecular flexibility index (Phi) is 5.73. The van der Waals surface area contributed by atoms with Gasteiger partial charge in [0.15, 0.2) is 15.5 Å². The molecule has 0 amide bonds. The quantitative estimate of drug-likeness (QED) is 0.379. The van der Waals surface area contributed by atoms with Gasteiger partial charge in [0.1, 0.15) is 17.6 Å². The van der Waals surface area contributed by atoms with Crippen LogP contribution >= 0.6 is 0 Å². The van der Waals surface area contributed by atoms with E-state index in [9.17, 15) is 13.7 Å². The number of ether oxygens (including phenoxy) is 1. The van der Waals surface area contributed by atoms with E-state index >= 15 is 0 Å². The lowest BCUT2D eigenvalue weighted by Crippen LogP contribution is -2.13. The van der Waals surface area contributed by atoms with Gasteiger partial charge >= 0.3 is 0 Å². The second kappa shape index (κ2) is 8.38. The van der Waals surface area contributed by atoms with Crippen molar-refractivity contribution in [3.05, 3.63) is 78.1 Å². The molecule has 7 heteroatoms. The summed E-state index contributed by atoms with van der Waals surface area (Å²) in [5.41, 5.74) is 3.52. The first-order chi connectivity index (χ1) is 15.6. The molecule has 4 rings (SSSR count). The van der Waals surface area contributed by atoms with Gasteiger partial charge in [-0.3, -0.25) is 4.40 Å². The molecule has 6 nitrogen and oxygen atoms in total. The number of sulfone groups is 1. The molecule has 0 spiro atoms. The van der Waals surface area contributed by atoms with Crippen molar-refractivity contribution in [3.8, 4) is 28.8 Å². The number of fused-ring (bicyclic) bond motifs is 1. The van der Waals surface area contributed by atoms with Gasteiger partial charge in [0, 0.05) is 17.2 Å². The summed E-state index contributed by atoms with van der Waals surface area (Å²) in [5, 5.41) is 9.55. The number of imidazole rings is 1. The predicted molar refractivity (Wildman–Crippen MR) is 128 cm³/mol. The zero-order valence-electron chi connectivity index (χ0n) is 19.0. The number of nitrogens with zero attached hydrogens (tertiary/aromatic N) is 3. The molecular weight excluding hydrogens is 434 g/mol. The maximum Gasteiger partial charge on any atom is 0.178 e. The molecule has 0 radical (unpaired) electrons. The van der Waals surface area contributed by atoms with Gasteiger partial charge in [0.05, 0.1) is 27.6 Å². The van der Waals surface area contributed by atoms with Crippen LogP contribution in [0.2, 0.25) is 0 Å². The standard InChI is InChI=1S/C26H25N3O3S/c1-5-33(30,31)22-13-7-12-21(16-22)32-20-11-6-9-18(15-20)23-24(26(2,3)4)28-25-19(17-27)10-8-14-29(23)25/h6-16H,5H2,1-4H3. The molecule has 0 atom stereocenters. The smallest absolute Gasteiger partial charge is 0.178 e. The van der Waals surface area contributed by atoms with Crippen LogP contribution in [0.3, 0.4) is 0 Å². The summed E-state index contributed by atoms with van der Waals surface area (Å²) in [4.78, 5) is 5.06. The highest BCUT2D eigenvalue weighted by Crippen LogP contribution is 2.36. The fourth-order valence-electron chi connectivity index (χ4n) is 3.69. The normalized spacial score (nSPS) is 12.0. The molecule has 168 valence electrons. The molecule has 0 fully saturated rings. The number of rotatable bonds is 5. The number of benzene rings is 2. The summed E-state index contributed by atoms with van der Waals surface area (Å²) in [6.07, 6.45) is 1.90. The van der Waals surface area contributed by atoms with Crippen LogP contribution in [-0.4, -0.2) is 23.6 Å². The average molecular weight is 460 g/mol. The molecule has 2 heterocycles. The maximum absolute atomic E-state index is 12.2. The first-order valence-electron chi connectivity index (χ1n) is 10.7. The van der Waals surface area contributed by atoms with Gasteiger partial charge in [0.2, 0.25) is 0 Å². The van der Waals surface area contributed by atoms with Crippen LogP contribution in [-0.2, 0) is 15.3 Å². The molecule has 0 N–H and O–H groups in total. The van der Waals surface area contributed by atoms with Crippen molar-refractivity contribution in [2.45, 2.75) is 38.0 Å². The molecule has 0 aliphatic heterocycles. The number of hydrogen-bond acceptors (Lipinski definition) is 5. The van der Waals surface area contributed by atoms with Crippen LogP contribution in [0.1, 0.15) is 39.0 Å². The second-order valence-corrected chi connectivity index (χ2v) is 11.1. The van der Waals surface area contributed by atoms with Gasteiger partial charge in [-0.05, 0) is 42.5 Å². The van der Waals surface area contributed by atoms with Gasteiger partial charge < -0.3 is 4.74 Å². The van der Waals surface area contributed by atoms with Gasteiger partial charge in [-0.15, -0.1) is 0 Å². The Bertz CT molecular complexity index is 1490. The van der Waals surface area contributed by atoms with Crippen LogP contribution < -0.4 is 4.74 Å². The van der Waals surface area contributed by atoms with E-state index in [2.05, 4.69) is 26.8 Å². The van der Waals surface area contributed by atoms with E-state index < -0.39 is 9.84 Å². The van der Waals surface area contributed by atoms with Gasteiger partial charge in [-0.2, -0.15) is 5.26 Å². The van der Waals surface area contributed by atoms with E-state index in [1.807, 2.05) is 40.9 Å². The number of pyridine rings is 1.